The van der Waals surface area contributed by atoms with Crippen molar-refractivity contribution in [1.82, 2.24) is 5.32 Å². The van der Waals surface area contributed by atoms with Crippen molar-refractivity contribution in [1.29, 1.82) is 0 Å². The molecular formula is C25H39Br2NO5. The first-order chi connectivity index (χ1) is 15.0. The van der Waals surface area contributed by atoms with E-state index in [1.807, 2.05) is 59.7 Å². The van der Waals surface area contributed by atoms with Gasteiger partial charge in [0.15, 0.2) is 0 Å². The summed E-state index contributed by atoms with van der Waals surface area (Å²) in [6.45, 7) is 15.6. The third kappa shape index (κ3) is 13.9. The van der Waals surface area contributed by atoms with Gasteiger partial charge in [0.1, 0.15) is 17.0 Å². The second kappa shape index (κ2) is 13.0. The molecule has 1 N–H and O–H groups in total. The summed E-state index contributed by atoms with van der Waals surface area (Å²) in [7, 11) is 0. The second-order valence-corrected chi connectivity index (χ2v) is 12.5. The first-order valence-corrected chi connectivity index (χ1v) is 12.9. The van der Waals surface area contributed by atoms with E-state index in [1.54, 1.807) is 0 Å². The van der Waals surface area contributed by atoms with Crippen LogP contribution < -0.4 is 10.1 Å². The van der Waals surface area contributed by atoms with Crippen LogP contribution in [0.3, 0.4) is 0 Å². The molecule has 6 nitrogen and oxygen atoms in total. The number of esters is 1. The normalized spacial score (nSPS) is 13.9. The largest absolute Gasteiger partial charge is 0.493 e. The summed E-state index contributed by atoms with van der Waals surface area (Å²) >= 11 is 6.93. The molecule has 0 aromatic heterocycles. The van der Waals surface area contributed by atoms with Gasteiger partial charge >= 0.3 is 12.1 Å². The SMILES string of the molecule is CC(C)C(CC[C@@H](COc1cc(Br)cc(Br)c1)CC(=O)OC(C)(C)C)NC(=O)OC(C)(C)C. The van der Waals surface area contributed by atoms with E-state index < -0.39 is 17.3 Å². The van der Waals surface area contributed by atoms with E-state index in [0.29, 0.717) is 25.2 Å². The molecule has 0 radical (unpaired) electrons. The van der Waals surface area contributed by atoms with E-state index in [4.69, 9.17) is 14.2 Å². The van der Waals surface area contributed by atoms with Gasteiger partial charge in [0, 0.05) is 20.9 Å². The van der Waals surface area contributed by atoms with Gasteiger partial charge in [0.05, 0.1) is 13.0 Å². The van der Waals surface area contributed by atoms with Crippen molar-refractivity contribution in [3.8, 4) is 5.75 Å². The van der Waals surface area contributed by atoms with Crippen LogP contribution in [0.25, 0.3) is 0 Å². The number of ether oxygens (including phenoxy) is 3. The highest BCUT2D eigenvalue weighted by atomic mass is 79.9. The molecule has 1 rings (SSSR count). The smallest absolute Gasteiger partial charge is 0.407 e. The molecule has 0 saturated carbocycles. The average Bonchev–Trinajstić information content (AvgIpc) is 2.58. The Balaban J connectivity index is 2.85. The van der Waals surface area contributed by atoms with Crippen molar-refractivity contribution >= 4 is 43.9 Å². The number of amides is 1. The van der Waals surface area contributed by atoms with Crippen molar-refractivity contribution in [3.05, 3.63) is 27.1 Å². The quantitative estimate of drug-likeness (QED) is 0.289. The molecule has 0 aliphatic rings. The second-order valence-electron chi connectivity index (χ2n) is 10.6. The molecule has 1 unspecified atom stereocenters. The van der Waals surface area contributed by atoms with Gasteiger partial charge in [-0.1, -0.05) is 45.7 Å². The van der Waals surface area contributed by atoms with E-state index in [-0.39, 0.29) is 30.3 Å². The molecule has 0 aliphatic heterocycles. The molecule has 0 spiro atoms. The zero-order valence-corrected chi connectivity index (χ0v) is 24.3. The van der Waals surface area contributed by atoms with Gasteiger partial charge in [-0.3, -0.25) is 4.79 Å². The minimum atomic E-state index is -0.559. The maximum absolute atomic E-state index is 12.5. The zero-order chi connectivity index (χ0) is 25.4. The predicted octanol–water partition coefficient (Wildman–Crippen LogP) is 7.27. The van der Waals surface area contributed by atoms with Crippen LogP contribution in [0, 0.1) is 11.8 Å². The van der Waals surface area contributed by atoms with Gasteiger partial charge in [-0.25, -0.2) is 4.79 Å². The molecule has 0 fully saturated rings. The Labute approximate surface area is 215 Å². The van der Waals surface area contributed by atoms with E-state index in [0.717, 1.165) is 8.95 Å². The van der Waals surface area contributed by atoms with Gasteiger partial charge in [-0.05, 0) is 78.5 Å². The minimum Gasteiger partial charge on any atom is -0.493 e. The molecule has 1 aromatic carbocycles. The lowest BCUT2D eigenvalue weighted by molar-refractivity contribution is -0.156. The predicted molar refractivity (Wildman–Crippen MR) is 139 cm³/mol. The minimum absolute atomic E-state index is 0.0701. The van der Waals surface area contributed by atoms with Crippen LogP contribution in [-0.2, 0) is 14.3 Å². The molecule has 1 aromatic rings. The van der Waals surface area contributed by atoms with E-state index in [9.17, 15) is 9.59 Å². The Morgan fingerprint density at radius 1 is 0.909 bits per heavy atom. The number of alkyl carbamates (subject to hydrolysis) is 1. The number of hydrogen-bond donors (Lipinski definition) is 1. The molecule has 0 bridgehead atoms. The fraction of sp³-hybridized carbons (Fsp3) is 0.680. The van der Waals surface area contributed by atoms with Gasteiger partial charge in [0.25, 0.3) is 0 Å². The van der Waals surface area contributed by atoms with Crippen LogP contribution in [0.1, 0.15) is 74.7 Å². The Hall–Kier alpha value is -1.28. The molecule has 0 aliphatic carbocycles. The maximum Gasteiger partial charge on any atom is 0.407 e. The molecule has 2 atom stereocenters. The van der Waals surface area contributed by atoms with E-state index >= 15 is 0 Å². The number of nitrogens with one attached hydrogen (secondary N) is 1. The van der Waals surface area contributed by atoms with Gasteiger partial charge in [0.2, 0.25) is 0 Å². The highest BCUT2D eigenvalue weighted by Gasteiger charge is 2.25. The van der Waals surface area contributed by atoms with E-state index in [2.05, 4.69) is 51.0 Å². The molecule has 8 heteroatoms. The van der Waals surface area contributed by atoms with Crippen LogP contribution in [0.4, 0.5) is 4.79 Å². The molecule has 1 amide bonds. The first kappa shape index (κ1) is 29.8. The fourth-order valence-corrected chi connectivity index (χ4v) is 4.39. The van der Waals surface area contributed by atoms with Crippen LogP contribution in [0.15, 0.2) is 27.1 Å². The fourth-order valence-electron chi connectivity index (χ4n) is 3.14. The van der Waals surface area contributed by atoms with Crippen LogP contribution >= 0.6 is 31.9 Å². The first-order valence-electron chi connectivity index (χ1n) is 11.3. The van der Waals surface area contributed by atoms with Gasteiger partial charge in [-0.15, -0.1) is 0 Å². The van der Waals surface area contributed by atoms with Crippen LogP contribution in [0.2, 0.25) is 0 Å². The molecule has 33 heavy (non-hydrogen) atoms. The van der Waals surface area contributed by atoms with Crippen molar-refractivity contribution < 1.29 is 23.8 Å². The summed E-state index contributed by atoms with van der Waals surface area (Å²) in [6.07, 6.45) is 1.19. The number of carbonyl (C=O) groups excluding carboxylic acids is 2. The Morgan fingerprint density at radius 3 is 1.94 bits per heavy atom. The van der Waals surface area contributed by atoms with E-state index in [1.165, 1.54) is 0 Å². The van der Waals surface area contributed by atoms with Crippen molar-refractivity contribution in [3.63, 3.8) is 0 Å². The monoisotopic (exact) mass is 591 g/mol. The zero-order valence-electron chi connectivity index (χ0n) is 21.1. The summed E-state index contributed by atoms with van der Waals surface area (Å²) < 4.78 is 18.8. The van der Waals surface area contributed by atoms with Gasteiger partial charge < -0.3 is 19.5 Å². The molecular weight excluding hydrogens is 554 g/mol. The average molecular weight is 593 g/mol. The molecule has 0 heterocycles. The molecule has 188 valence electrons. The number of carbonyl (C=O) groups is 2. The Kier molecular flexibility index (Phi) is 11.7. The lowest BCUT2D eigenvalue weighted by atomic mass is 9.92. The summed E-state index contributed by atoms with van der Waals surface area (Å²) in [6, 6.07) is 5.62. The Bertz CT molecular complexity index is 764. The summed E-state index contributed by atoms with van der Waals surface area (Å²) in [5.74, 6) is 0.589. The summed E-state index contributed by atoms with van der Waals surface area (Å²) in [4.78, 5) is 24.8. The maximum atomic E-state index is 12.5. The number of benzene rings is 1. The van der Waals surface area contributed by atoms with Crippen LogP contribution in [-0.4, -0.2) is 35.9 Å². The van der Waals surface area contributed by atoms with Crippen LogP contribution in [0.5, 0.6) is 5.75 Å². The Morgan fingerprint density at radius 2 is 1.45 bits per heavy atom. The van der Waals surface area contributed by atoms with Crippen molar-refractivity contribution in [2.45, 2.75) is 91.9 Å². The highest BCUT2D eigenvalue weighted by Crippen LogP contribution is 2.27. The lowest BCUT2D eigenvalue weighted by Crippen LogP contribution is -2.42. The van der Waals surface area contributed by atoms with Crippen molar-refractivity contribution in [2.75, 3.05) is 6.61 Å². The lowest BCUT2D eigenvalue weighted by Gasteiger charge is -2.27. The van der Waals surface area contributed by atoms with Crippen molar-refractivity contribution in [2.24, 2.45) is 11.8 Å². The number of halogens is 2. The standard InChI is InChI=1S/C25H39Br2NO5/c1-16(2)21(28-23(30)33-25(6,7)8)10-9-17(11-22(29)32-24(3,4)5)15-31-20-13-18(26)12-19(27)14-20/h12-14,16-17,21H,9-11,15H2,1-8H3,(H,28,30)/t17-,21?/m1/s1. The van der Waals surface area contributed by atoms with Gasteiger partial charge in [-0.2, -0.15) is 0 Å². The summed E-state index contributed by atoms with van der Waals surface area (Å²) in [5.41, 5.74) is -1.10. The number of hydrogen-bond acceptors (Lipinski definition) is 5. The topological polar surface area (TPSA) is 73.9 Å². The third-order valence-corrected chi connectivity index (χ3v) is 5.51. The molecule has 0 saturated heterocycles. The highest BCUT2D eigenvalue weighted by molar-refractivity contribution is 9.11. The number of rotatable bonds is 10. The third-order valence-electron chi connectivity index (χ3n) is 4.59. The summed E-state index contributed by atoms with van der Waals surface area (Å²) in [5, 5.41) is 2.98.